The van der Waals surface area contributed by atoms with E-state index in [1.54, 1.807) is 12.1 Å². The maximum absolute atomic E-state index is 10.1. The summed E-state index contributed by atoms with van der Waals surface area (Å²) < 4.78 is 0. The van der Waals surface area contributed by atoms with Crippen LogP contribution in [0.3, 0.4) is 0 Å². The van der Waals surface area contributed by atoms with Gasteiger partial charge < -0.3 is 10.4 Å². The number of nitrogens with zero attached hydrogens (tertiary/aromatic N) is 2. The van der Waals surface area contributed by atoms with E-state index in [-0.39, 0.29) is 6.54 Å². The molecule has 2 N–H and O–H groups in total. The minimum Gasteiger partial charge on any atom is -0.480 e. The maximum atomic E-state index is 10.1. The fourth-order valence-corrected chi connectivity index (χ4v) is 0.562. The Balaban J connectivity index is 2.45. The summed E-state index contributed by atoms with van der Waals surface area (Å²) in [5.41, 5.74) is 0. The molecule has 0 saturated carbocycles. The summed E-state index contributed by atoms with van der Waals surface area (Å²) in [7, 11) is 0. The van der Waals surface area contributed by atoms with Gasteiger partial charge in [0.25, 0.3) is 0 Å². The molecule has 0 aliphatic rings. The second kappa shape index (κ2) is 3.50. The second-order valence-electron chi connectivity index (χ2n) is 1.86. The SMILES string of the molecule is O=C(O)CNc1cccnn1. The van der Waals surface area contributed by atoms with Gasteiger partial charge in [-0.05, 0) is 12.1 Å². The van der Waals surface area contributed by atoms with Crippen molar-refractivity contribution in [2.24, 2.45) is 0 Å². The lowest BCUT2D eigenvalue weighted by molar-refractivity contribution is -0.134. The Morgan fingerprint density at radius 2 is 2.55 bits per heavy atom. The van der Waals surface area contributed by atoms with Crippen LogP contribution in [0.15, 0.2) is 18.3 Å². The fourth-order valence-electron chi connectivity index (χ4n) is 0.562. The molecule has 1 rings (SSSR count). The van der Waals surface area contributed by atoms with Gasteiger partial charge in [0.1, 0.15) is 12.4 Å². The number of rotatable bonds is 3. The number of anilines is 1. The van der Waals surface area contributed by atoms with E-state index in [0.29, 0.717) is 5.82 Å². The number of hydrogen-bond acceptors (Lipinski definition) is 4. The molecule has 1 aromatic heterocycles. The molecule has 1 heterocycles. The van der Waals surface area contributed by atoms with E-state index in [4.69, 9.17) is 5.11 Å². The molecule has 0 amide bonds. The standard InChI is InChI=1S/C6H7N3O2/c10-6(11)4-7-5-2-1-3-8-9-5/h1-3H,4H2,(H,7,9)(H,10,11). The van der Waals surface area contributed by atoms with Crippen molar-refractivity contribution >= 4 is 11.8 Å². The van der Waals surface area contributed by atoms with Gasteiger partial charge in [0.15, 0.2) is 0 Å². The first kappa shape index (κ1) is 7.46. The summed E-state index contributed by atoms with van der Waals surface area (Å²) in [4.78, 5) is 10.1. The van der Waals surface area contributed by atoms with Crippen LogP contribution in [0.25, 0.3) is 0 Å². The molecule has 0 spiro atoms. The van der Waals surface area contributed by atoms with Crippen LogP contribution in [0.4, 0.5) is 5.82 Å². The third-order valence-corrected chi connectivity index (χ3v) is 0.993. The second-order valence-corrected chi connectivity index (χ2v) is 1.86. The largest absolute Gasteiger partial charge is 0.480 e. The lowest BCUT2D eigenvalue weighted by atomic mass is 10.5. The number of carboxylic acids is 1. The van der Waals surface area contributed by atoms with Gasteiger partial charge >= 0.3 is 5.97 Å². The summed E-state index contributed by atoms with van der Waals surface area (Å²) in [6.45, 7) is -0.140. The van der Waals surface area contributed by atoms with Crippen molar-refractivity contribution in [2.75, 3.05) is 11.9 Å². The Morgan fingerprint density at radius 3 is 3.09 bits per heavy atom. The first-order valence-electron chi connectivity index (χ1n) is 3.02. The van der Waals surface area contributed by atoms with Crippen LogP contribution >= 0.6 is 0 Å². The Hall–Kier alpha value is -1.65. The molecule has 0 fully saturated rings. The Labute approximate surface area is 63.1 Å². The van der Waals surface area contributed by atoms with Crippen LogP contribution in [-0.4, -0.2) is 27.8 Å². The topological polar surface area (TPSA) is 75.1 Å². The summed E-state index contributed by atoms with van der Waals surface area (Å²) in [6.07, 6.45) is 1.52. The van der Waals surface area contributed by atoms with Gasteiger partial charge in [0.05, 0.1) is 0 Å². The summed E-state index contributed by atoms with van der Waals surface area (Å²) in [6, 6.07) is 3.33. The van der Waals surface area contributed by atoms with Crippen molar-refractivity contribution < 1.29 is 9.90 Å². The van der Waals surface area contributed by atoms with Gasteiger partial charge in [-0.15, -0.1) is 5.10 Å². The molecule has 0 aromatic carbocycles. The number of carbonyl (C=O) groups is 1. The average molecular weight is 153 g/mol. The fraction of sp³-hybridized carbons (Fsp3) is 0.167. The number of aliphatic carboxylic acids is 1. The molecule has 5 heteroatoms. The summed E-state index contributed by atoms with van der Waals surface area (Å²) >= 11 is 0. The summed E-state index contributed by atoms with van der Waals surface area (Å²) in [5, 5.41) is 18.0. The highest BCUT2D eigenvalue weighted by molar-refractivity contribution is 5.72. The molecule has 0 radical (unpaired) electrons. The summed E-state index contributed by atoms with van der Waals surface area (Å²) in [5.74, 6) is -0.453. The number of hydrogen-bond donors (Lipinski definition) is 2. The monoisotopic (exact) mass is 153 g/mol. The van der Waals surface area contributed by atoms with Crippen LogP contribution in [0.5, 0.6) is 0 Å². The van der Waals surface area contributed by atoms with Crippen molar-refractivity contribution in [3.05, 3.63) is 18.3 Å². The quantitative estimate of drug-likeness (QED) is 0.637. The molecule has 0 atom stereocenters. The van der Waals surface area contributed by atoms with E-state index < -0.39 is 5.97 Å². The first-order valence-corrected chi connectivity index (χ1v) is 3.02. The zero-order chi connectivity index (χ0) is 8.10. The van der Waals surface area contributed by atoms with Crippen molar-refractivity contribution in [2.45, 2.75) is 0 Å². The third kappa shape index (κ3) is 2.61. The molecule has 0 unspecified atom stereocenters. The zero-order valence-electron chi connectivity index (χ0n) is 5.69. The molecule has 0 saturated heterocycles. The Kier molecular flexibility index (Phi) is 2.37. The van der Waals surface area contributed by atoms with E-state index in [1.807, 2.05) is 0 Å². The minimum atomic E-state index is -0.921. The van der Waals surface area contributed by atoms with Crippen molar-refractivity contribution in [1.82, 2.24) is 10.2 Å². The van der Waals surface area contributed by atoms with Crippen molar-refractivity contribution in [1.29, 1.82) is 0 Å². The molecule has 0 aliphatic heterocycles. The van der Waals surface area contributed by atoms with Gasteiger partial charge in [0.2, 0.25) is 0 Å². The van der Waals surface area contributed by atoms with Crippen LogP contribution in [0.1, 0.15) is 0 Å². The molecule has 0 bridgehead atoms. The van der Waals surface area contributed by atoms with Crippen molar-refractivity contribution in [3.63, 3.8) is 0 Å². The van der Waals surface area contributed by atoms with Gasteiger partial charge in [-0.1, -0.05) is 0 Å². The number of carboxylic acid groups (broad SMARTS) is 1. The molecule has 5 nitrogen and oxygen atoms in total. The molecular weight excluding hydrogens is 146 g/mol. The first-order chi connectivity index (χ1) is 5.29. The van der Waals surface area contributed by atoms with Gasteiger partial charge in [-0.2, -0.15) is 5.10 Å². The minimum absolute atomic E-state index is 0.140. The van der Waals surface area contributed by atoms with Gasteiger partial charge in [0, 0.05) is 6.20 Å². The predicted molar refractivity (Wildman–Crippen MR) is 38.2 cm³/mol. The average Bonchev–Trinajstić information content (AvgIpc) is 2.03. The van der Waals surface area contributed by atoms with Gasteiger partial charge in [-0.3, -0.25) is 4.79 Å². The van der Waals surface area contributed by atoms with E-state index in [9.17, 15) is 4.79 Å². The highest BCUT2D eigenvalue weighted by Gasteiger charge is 1.95. The van der Waals surface area contributed by atoms with Crippen LogP contribution in [0.2, 0.25) is 0 Å². The molecular formula is C6H7N3O2. The Bertz CT molecular complexity index is 237. The highest BCUT2D eigenvalue weighted by Crippen LogP contribution is 1.95. The zero-order valence-corrected chi connectivity index (χ0v) is 5.69. The normalized spacial score (nSPS) is 9.09. The smallest absolute Gasteiger partial charge is 0.322 e. The molecule has 11 heavy (non-hydrogen) atoms. The van der Waals surface area contributed by atoms with Gasteiger partial charge in [-0.25, -0.2) is 0 Å². The molecule has 58 valence electrons. The maximum Gasteiger partial charge on any atom is 0.322 e. The lowest BCUT2D eigenvalue weighted by Gasteiger charge is -1.98. The lowest BCUT2D eigenvalue weighted by Crippen LogP contribution is -2.13. The van der Waals surface area contributed by atoms with Crippen LogP contribution < -0.4 is 5.32 Å². The number of aromatic nitrogens is 2. The van der Waals surface area contributed by atoms with Crippen LogP contribution in [0, 0.1) is 0 Å². The van der Waals surface area contributed by atoms with Crippen LogP contribution in [-0.2, 0) is 4.79 Å². The number of nitrogens with one attached hydrogen (secondary N) is 1. The van der Waals surface area contributed by atoms with E-state index >= 15 is 0 Å². The van der Waals surface area contributed by atoms with Crippen molar-refractivity contribution in [3.8, 4) is 0 Å². The van der Waals surface area contributed by atoms with E-state index in [0.717, 1.165) is 0 Å². The van der Waals surface area contributed by atoms with E-state index in [1.165, 1.54) is 6.20 Å². The third-order valence-electron chi connectivity index (χ3n) is 0.993. The molecule has 1 aromatic rings. The predicted octanol–water partition coefficient (Wildman–Crippen LogP) is -0.0269. The van der Waals surface area contributed by atoms with E-state index in [2.05, 4.69) is 15.5 Å². The Morgan fingerprint density at radius 1 is 1.73 bits per heavy atom. The highest BCUT2D eigenvalue weighted by atomic mass is 16.4. The molecule has 0 aliphatic carbocycles.